The molecule has 1 aliphatic heterocycles. The first kappa shape index (κ1) is 22.9. The molecule has 1 aliphatic rings. The van der Waals surface area contributed by atoms with Gasteiger partial charge in [-0.05, 0) is 31.4 Å². The van der Waals surface area contributed by atoms with E-state index in [0.29, 0.717) is 24.4 Å². The molecule has 0 saturated carbocycles. The van der Waals surface area contributed by atoms with Crippen molar-refractivity contribution >= 4 is 5.97 Å². The number of rotatable bonds is 17. The Hall–Kier alpha value is -1.35. The highest BCUT2D eigenvalue weighted by molar-refractivity contribution is 5.89. The number of ether oxygens (including phenoxy) is 2. The highest BCUT2D eigenvalue weighted by Crippen LogP contribution is 2.31. The molecule has 1 fully saturated rings. The topological polar surface area (TPSA) is 38.8 Å². The summed E-state index contributed by atoms with van der Waals surface area (Å²) in [7, 11) is 0. The standard InChI is InChI=1S/C25H40O3/c1-2-3-4-14-19-23-24(28-23)20-15-9-7-5-6-8-10-16-21-27-25(26)22-17-12-11-13-18-22/h11-13,17-18,23-24H,2-10,14-16,19-21H2,1H3. The Morgan fingerprint density at radius 3 is 1.93 bits per heavy atom. The highest BCUT2D eigenvalue weighted by Gasteiger charge is 2.36. The zero-order chi connectivity index (χ0) is 19.9. The van der Waals surface area contributed by atoms with Crippen LogP contribution in [0.5, 0.6) is 0 Å². The molecule has 28 heavy (non-hydrogen) atoms. The third kappa shape index (κ3) is 10.3. The van der Waals surface area contributed by atoms with E-state index < -0.39 is 0 Å². The van der Waals surface area contributed by atoms with Crippen molar-refractivity contribution < 1.29 is 14.3 Å². The van der Waals surface area contributed by atoms with Crippen LogP contribution in [0, 0.1) is 0 Å². The summed E-state index contributed by atoms with van der Waals surface area (Å²) in [6.45, 7) is 2.80. The molecule has 0 radical (unpaired) electrons. The number of esters is 1. The van der Waals surface area contributed by atoms with Gasteiger partial charge in [0.15, 0.2) is 0 Å². The van der Waals surface area contributed by atoms with Gasteiger partial charge in [-0.3, -0.25) is 0 Å². The fourth-order valence-electron chi connectivity index (χ4n) is 3.79. The van der Waals surface area contributed by atoms with E-state index in [1.54, 1.807) is 12.1 Å². The number of unbranched alkanes of at least 4 members (excludes halogenated alkanes) is 10. The second-order valence-corrected chi connectivity index (χ2v) is 8.18. The van der Waals surface area contributed by atoms with Gasteiger partial charge in [-0.1, -0.05) is 95.8 Å². The van der Waals surface area contributed by atoms with Crippen LogP contribution >= 0.6 is 0 Å². The molecule has 2 rings (SSSR count). The normalized spacial score (nSPS) is 18.2. The molecular weight excluding hydrogens is 348 g/mol. The number of hydrogen-bond acceptors (Lipinski definition) is 3. The van der Waals surface area contributed by atoms with Gasteiger partial charge in [-0.15, -0.1) is 0 Å². The van der Waals surface area contributed by atoms with Gasteiger partial charge < -0.3 is 9.47 Å². The molecule has 1 aromatic rings. The maximum Gasteiger partial charge on any atom is 0.338 e. The summed E-state index contributed by atoms with van der Waals surface area (Å²) in [4.78, 5) is 11.8. The molecule has 0 spiro atoms. The Kier molecular flexibility index (Phi) is 12.0. The minimum absolute atomic E-state index is 0.205. The van der Waals surface area contributed by atoms with Crippen molar-refractivity contribution in [3.8, 4) is 0 Å². The number of carbonyl (C=O) groups excluding carboxylic acids is 1. The lowest BCUT2D eigenvalue weighted by atomic mass is 10.0. The van der Waals surface area contributed by atoms with Gasteiger partial charge in [0.1, 0.15) is 0 Å². The van der Waals surface area contributed by atoms with Crippen LogP contribution in [0.1, 0.15) is 107 Å². The third-order valence-corrected chi connectivity index (χ3v) is 5.66. The summed E-state index contributed by atoms with van der Waals surface area (Å²) < 4.78 is 11.1. The van der Waals surface area contributed by atoms with Crippen molar-refractivity contribution in [2.24, 2.45) is 0 Å². The second kappa shape index (κ2) is 14.6. The van der Waals surface area contributed by atoms with Crippen molar-refractivity contribution in [2.75, 3.05) is 6.61 Å². The summed E-state index contributed by atoms with van der Waals surface area (Å²) in [6.07, 6.45) is 19.1. The predicted octanol–water partition coefficient (Wildman–Crippen LogP) is 7.09. The van der Waals surface area contributed by atoms with Crippen LogP contribution in [0.15, 0.2) is 30.3 Å². The molecule has 0 aliphatic carbocycles. The molecule has 3 nitrogen and oxygen atoms in total. The second-order valence-electron chi connectivity index (χ2n) is 8.18. The Morgan fingerprint density at radius 1 is 0.786 bits per heavy atom. The molecular formula is C25H40O3. The van der Waals surface area contributed by atoms with Gasteiger partial charge in [0.25, 0.3) is 0 Å². The van der Waals surface area contributed by atoms with E-state index in [9.17, 15) is 4.79 Å². The Labute approximate surface area is 172 Å². The minimum Gasteiger partial charge on any atom is -0.462 e. The number of carbonyl (C=O) groups is 1. The van der Waals surface area contributed by atoms with E-state index in [0.717, 1.165) is 12.8 Å². The smallest absolute Gasteiger partial charge is 0.338 e. The van der Waals surface area contributed by atoms with E-state index in [1.165, 1.54) is 77.0 Å². The molecule has 0 bridgehead atoms. The quantitative estimate of drug-likeness (QED) is 0.162. The summed E-state index contributed by atoms with van der Waals surface area (Å²) in [5.74, 6) is -0.205. The lowest BCUT2D eigenvalue weighted by molar-refractivity contribution is 0.0497. The molecule has 2 unspecified atom stereocenters. The fourth-order valence-corrected chi connectivity index (χ4v) is 3.79. The number of benzene rings is 1. The Balaban J connectivity index is 1.29. The maximum absolute atomic E-state index is 11.8. The summed E-state index contributed by atoms with van der Waals surface area (Å²) >= 11 is 0. The molecule has 0 amide bonds. The molecule has 0 aromatic heterocycles. The van der Waals surface area contributed by atoms with Crippen LogP contribution < -0.4 is 0 Å². The molecule has 2 atom stereocenters. The largest absolute Gasteiger partial charge is 0.462 e. The van der Waals surface area contributed by atoms with Crippen molar-refractivity contribution in [1.29, 1.82) is 0 Å². The molecule has 1 aromatic carbocycles. The van der Waals surface area contributed by atoms with Gasteiger partial charge in [-0.2, -0.15) is 0 Å². The van der Waals surface area contributed by atoms with E-state index >= 15 is 0 Å². The lowest BCUT2D eigenvalue weighted by Gasteiger charge is -2.05. The zero-order valence-corrected chi connectivity index (χ0v) is 17.9. The van der Waals surface area contributed by atoms with Crippen LogP contribution in [0.4, 0.5) is 0 Å². The van der Waals surface area contributed by atoms with Gasteiger partial charge in [-0.25, -0.2) is 4.79 Å². The number of epoxide rings is 1. The van der Waals surface area contributed by atoms with E-state index in [4.69, 9.17) is 9.47 Å². The van der Waals surface area contributed by atoms with Crippen LogP contribution in [0.2, 0.25) is 0 Å². The molecule has 1 saturated heterocycles. The minimum atomic E-state index is -0.205. The Bertz CT molecular complexity index is 514. The molecule has 0 N–H and O–H groups in total. The van der Waals surface area contributed by atoms with Crippen molar-refractivity contribution in [1.82, 2.24) is 0 Å². The van der Waals surface area contributed by atoms with E-state index in [1.807, 2.05) is 18.2 Å². The maximum atomic E-state index is 11.8. The van der Waals surface area contributed by atoms with Gasteiger partial charge >= 0.3 is 5.97 Å². The van der Waals surface area contributed by atoms with Crippen LogP contribution in [-0.2, 0) is 9.47 Å². The van der Waals surface area contributed by atoms with Crippen LogP contribution in [0.3, 0.4) is 0 Å². The SMILES string of the molecule is CCCCCCC1OC1CCCCCCCCCCOC(=O)c1ccccc1. The first-order chi connectivity index (χ1) is 13.8. The van der Waals surface area contributed by atoms with Gasteiger partial charge in [0, 0.05) is 0 Å². The Morgan fingerprint density at radius 2 is 1.32 bits per heavy atom. The van der Waals surface area contributed by atoms with Crippen LogP contribution in [-0.4, -0.2) is 24.8 Å². The molecule has 3 heteroatoms. The zero-order valence-electron chi connectivity index (χ0n) is 17.9. The average molecular weight is 389 g/mol. The van der Waals surface area contributed by atoms with Crippen molar-refractivity contribution in [2.45, 2.75) is 109 Å². The van der Waals surface area contributed by atoms with Gasteiger partial charge in [0.05, 0.1) is 24.4 Å². The van der Waals surface area contributed by atoms with Crippen LogP contribution in [0.25, 0.3) is 0 Å². The first-order valence-electron chi connectivity index (χ1n) is 11.7. The highest BCUT2D eigenvalue weighted by atomic mass is 16.6. The molecule has 1 heterocycles. The summed E-state index contributed by atoms with van der Waals surface area (Å²) in [6, 6.07) is 9.22. The van der Waals surface area contributed by atoms with Crippen molar-refractivity contribution in [3.05, 3.63) is 35.9 Å². The fraction of sp³-hybridized carbons (Fsp3) is 0.720. The van der Waals surface area contributed by atoms with E-state index in [-0.39, 0.29) is 5.97 Å². The summed E-state index contributed by atoms with van der Waals surface area (Å²) in [5.41, 5.74) is 0.641. The summed E-state index contributed by atoms with van der Waals surface area (Å²) in [5, 5.41) is 0. The van der Waals surface area contributed by atoms with E-state index in [2.05, 4.69) is 6.92 Å². The lowest BCUT2D eigenvalue weighted by Crippen LogP contribution is -2.06. The first-order valence-corrected chi connectivity index (χ1v) is 11.7. The number of hydrogen-bond donors (Lipinski definition) is 0. The van der Waals surface area contributed by atoms with Crippen molar-refractivity contribution in [3.63, 3.8) is 0 Å². The predicted molar refractivity (Wildman–Crippen MR) is 116 cm³/mol. The molecule has 158 valence electrons. The van der Waals surface area contributed by atoms with Gasteiger partial charge in [0.2, 0.25) is 0 Å². The third-order valence-electron chi connectivity index (χ3n) is 5.66. The average Bonchev–Trinajstić information content (AvgIpc) is 3.48. The monoisotopic (exact) mass is 388 g/mol.